The molecular weight excluding hydrogens is 449 g/mol. The lowest BCUT2D eigenvalue weighted by molar-refractivity contribution is -0.128. The molecule has 3 aliphatic rings. The van der Waals surface area contributed by atoms with Gasteiger partial charge in [0.1, 0.15) is 11.3 Å². The molecule has 0 aliphatic carbocycles. The van der Waals surface area contributed by atoms with Gasteiger partial charge in [0.25, 0.3) is 0 Å². The second kappa shape index (κ2) is 7.99. The molecule has 2 aromatic heterocycles. The summed E-state index contributed by atoms with van der Waals surface area (Å²) >= 11 is 0. The monoisotopic (exact) mass is 471 g/mol. The molecule has 8 nitrogen and oxygen atoms in total. The molecular formula is C26H22FN5O3. The van der Waals surface area contributed by atoms with Gasteiger partial charge in [-0.25, -0.2) is 9.98 Å². The van der Waals surface area contributed by atoms with Crippen molar-refractivity contribution in [1.29, 1.82) is 0 Å². The quantitative estimate of drug-likeness (QED) is 0.573. The van der Waals surface area contributed by atoms with Crippen LogP contribution < -0.4 is 10.5 Å². The van der Waals surface area contributed by atoms with E-state index < -0.39 is 11.5 Å². The molecule has 0 saturated carbocycles. The Hall–Kier alpha value is -4.11. The van der Waals surface area contributed by atoms with Crippen LogP contribution in [0.15, 0.2) is 59.9 Å². The van der Waals surface area contributed by atoms with E-state index in [4.69, 9.17) is 20.2 Å². The van der Waals surface area contributed by atoms with Gasteiger partial charge < -0.3 is 15.2 Å². The number of aromatic nitrogens is 2. The van der Waals surface area contributed by atoms with Gasteiger partial charge in [-0.05, 0) is 47.9 Å². The van der Waals surface area contributed by atoms with Crippen LogP contribution in [0.4, 0.5) is 4.39 Å². The Kier molecular flexibility index (Phi) is 4.89. The minimum Gasteiger partial charge on any atom is -0.455 e. The van der Waals surface area contributed by atoms with E-state index in [0.29, 0.717) is 47.0 Å². The predicted molar refractivity (Wildman–Crippen MR) is 127 cm³/mol. The largest absolute Gasteiger partial charge is 0.455 e. The number of nitrogens with zero attached hydrogens (tertiary/aromatic N) is 4. The molecule has 0 saturated heterocycles. The molecule has 0 fully saturated rings. The zero-order chi connectivity index (χ0) is 24.2. The number of fused-ring (bicyclic) bond motifs is 4. The summed E-state index contributed by atoms with van der Waals surface area (Å²) in [7, 11) is 1.60. The predicted octanol–water partition coefficient (Wildman–Crippen LogP) is 3.61. The Bertz CT molecular complexity index is 1440. The summed E-state index contributed by atoms with van der Waals surface area (Å²) in [6.07, 6.45) is 5.84. The van der Waals surface area contributed by atoms with Crippen LogP contribution in [0.1, 0.15) is 29.7 Å². The van der Waals surface area contributed by atoms with Crippen LogP contribution in [0, 0.1) is 5.95 Å². The maximum Gasteiger partial charge on any atom is 0.232 e. The number of benzene rings is 1. The van der Waals surface area contributed by atoms with Crippen molar-refractivity contribution in [1.82, 2.24) is 14.9 Å². The molecule has 1 aromatic carbocycles. The van der Waals surface area contributed by atoms with E-state index in [1.54, 1.807) is 37.5 Å². The third kappa shape index (κ3) is 3.38. The molecule has 9 heteroatoms. The lowest BCUT2D eigenvalue weighted by Crippen LogP contribution is -2.49. The van der Waals surface area contributed by atoms with Gasteiger partial charge in [0.2, 0.25) is 11.9 Å². The first-order valence-corrected chi connectivity index (χ1v) is 11.3. The third-order valence-electron chi connectivity index (χ3n) is 6.75. The van der Waals surface area contributed by atoms with E-state index in [-0.39, 0.29) is 18.3 Å². The zero-order valence-corrected chi connectivity index (χ0v) is 19.0. The summed E-state index contributed by atoms with van der Waals surface area (Å²) in [6.45, 7) is 1.14. The summed E-state index contributed by atoms with van der Waals surface area (Å²) in [4.78, 5) is 27.7. The van der Waals surface area contributed by atoms with Crippen molar-refractivity contribution in [3.63, 3.8) is 0 Å². The Morgan fingerprint density at radius 2 is 2.00 bits per heavy atom. The highest BCUT2D eigenvalue weighted by Crippen LogP contribution is 2.53. The Balaban J connectivity index is 1.59. The molecule has 176 valence electrons. The minimum atomic E-state index is -1.14. The summed E-state index contributed by atoms with van der Waals surface area (Å²) in [6, 6.07) is 10.6. The number of carbonyl (C=O) groups excluding carboxylic acids is 1. The van der Waals surface area contributed by atoms with Crippen molar-refractivity contribution >= 4 is 17.4 Å². The average molecular weight is 471 g/mol. The van der Waals surface area contributed by atoms with E-state index >= 15 is 0 Å². The molecule has 0 unspecified atom stereocenters. The second-order valence-electron chi connectivity index (χ2n) is 8.73. The van der Waals surface area contributed by atoms with Gasteiger partial charge in [-0.1, -0.05) is 12.1 Å². The number of amides is 1. The Labute approximate surface area is 200 Å². The number of halogens is 1. The number of rotatable bonds is 2. The number of ether oxygens (including phenoxy) is 2. The van der Waals surface area contributed by atoms with Crippen LogP contribution in [0.2, 0.25) is 0 Å². The van der Waals surface area contributed by atoms with Crippen LogP contribution in [0.3, 0.4) is 0 Å². The average Bonchev–Trinajstić information content (AvgIpc) is 2.88. The van der Waals surface area contributed by atoms with Crippen molar-refractivity contribution in [2.45, 2.75) is 18.4 Å². The van der Waals surface area contributed by atoms with Crippen LogP contribution in [0.25, 0.3) is 16.7 Å². The van der Waals surface area contributed by atoms with Gasteiger partial charge >= 0.3 is 0 Å². The normalized spacial score (nSPS) is 21.1. The van der Waals surface area contributed by atoms with Crippen LogP contribution >= 0.6 is 0 Å². The van der Waals surface area contributed by atoms with Gasteiger partial charge in [0, 0.05) is 29.9 Å². The highest BCUT2D eigenvalue weighted by atomic mass is 19.1. The molecule has 1 spiro atoms. The molecule has 5 heterocycles. The molecule has 1 atom stereocenters. The van der Waals surface area contributed by atoms with E-state index in [9.17, 15) is 9.18 Å². The number of aliphatic imine (C=N–C) groups is 1. The first kappa shape index (κ1) is 21.4. The molecule has 3 aromatic rings. The smallest absolute Gasteiger partial charge is 0.232 e. The van der Waals surface area contributed by atoms with Crippen LogP contribution in [-0.4, -0.2) is 47.0 Å². The van der Waals surface area contributed by atoms with Crippen LogP contribution in [-0.2, 0) is 15.1 Å². The maximum absolute atomic E-state index is 14.5. The van der Waals surface area contributed by atoms with Crippen LogP contribution in [0.5, 0.6) is 11.5 Å². The van der Waals surface area contributed by atoms with E-state index in [2.05, 4.69) is 9.97 Å². The Morgan fingerprint density at radius 1 is 1.14 bits per heavy atom. The number of nitrogens with two attached hydrogens (primary N) is 1. The highest BCUT2D eigenvalue weighted by Gasteiger charge is 2.48. The minimum absolute atomic E-state index is 0.0398. The third-order valence-corrected chi connectivity index (χ3v) is 6.75. The highest BCUT2D eigenvalue weighted by molar-refractivity contribution is 6.00. The van der Waals surface area contributed by atoms with Gasteiger partial charge in [-0.3, -0.25) is 14.7 Å². The van der Waals surface area contributed by atoms with Crippen molar-refractivity contribution in [2.75, 3.05) is 20.3 Å². The zero-order valence-electron chi connectivity index (χ0n) is 19.0. The second-order valence-corrected chi connectivity index (χ2v) is 8.73. The summed E-state index contributed by atoms with van der Waals surface area (Å²) < 4.78 is 26.2. The van der Waals surface area contributed by atoms with Gasteiger partial charge in [0.15, 0.2) is 11.7 Å². The molecule has 1 amide bonds. The summed E-state index contributed by atoms with van der Waals surface area (Å²) in [5.41, 5.74) is 9.19. The van der Waals surface area contributed by atoms with Gasteiger partial charge in [-0.15, -0.1) is 0 Å². The van der Waals surface area contributed by atoms with E-state index in [1.165, 1.54) is 11.1 Å². The topological polar surface area (TPSA) is 103 Å². The van der Waals surface area contributed by atoms with E-state index in [0.717, 1.165) is 17.7 Å². The number of hydrogen-bond donors (Lipinski definition) is 1. The molecule has 6 rings (SSSR count). The van der Waals surface area contributed by atoms with Crippen molar-refractivity contribution in [3.05, 3.63) is 77.6 Å². The number of pyridine rings is 2. The lowest BCUT2D eigenvalue weighted by atomic mass is 9.76. The lowest BCUT2D eigenvalue weighted by Gasteiger charge is -2.41. The standard InChI is InChI=1S/C26H22FN5O3/c1-32-23(33)13-26(31-25(32)28)18-11-16(17-3-2-8-29-24(17)27)4-5-21(18)35-22-14-30-20(12-19(22)26)15-6-9-34-10-7-15/h2-6,8,11-12,14H,7,9-10,13H2,1H3,(H2,28,31)/t26-/m1/s1. The van der Waals surface area contributed by atoms with Crippen molar-refractivity contribution in [3.8, 4) is 22.6 Å². The molecule has 0 bridgehead atoms. The molecule has 3 aliphatic heterocycles. The summed E-state index contributed by atoms with van der Waals surface area (Å²) in [5, 5.41) is 0. The fourth-order valence-electron chi connectivity index (χ4n) is 4.84. The number of hydrogen-bond acceptors (Lipinski definition) is 7. The first-order chi connectivity index (χ1) is 17.0. The van der Waals surface area contributed by atoms with E-state index in [1.807, 2.05) is 18.2 Å². The van der Waals surface area contributed by atoms with Crippen molar-refractivity contribution in [2.24, 2.45) is 10.7 Å². The van der Waals surface area contributed by atoms with Crippen molar-refractivity contribution < 1.29 is 18.7 Å². The van der Waals surface area contributed by atoms with Gasteiger partial charge in [0.05, 0.1) is 31.5 Å². The number of carbonyl (C=O) groups is 1. The SMILES string of the molecule is CN1C(=O)C[C@@]2(N=C1N)c1cc(-c3cccnc3F)ccc1Oc1cnc(C3=CCOCC3)cc12. The number of guanidine groups is 1. The van der Waals surface area contributed by atoms with Gasteiger partial charge in [-0.2, -0.15) is 4.39 Å². The fourth-order valence-corrected chi connectivity index (χ4v) is 4.84. The Morgan fingerprint density at radius 3 is 2.77 bits per heavy atom. The molecule has 2 N–H and O–H groups in total. The fraction of sp³-hybridized carbons (Fsp3) is 0.231. The first-order valence-electron chi connectivity index (χ1n) is 11.3. The summed E-state index contributed by atoms with van der Waals surface area (Å²) in [5.74, 6) is 0.348. The molecule has 0 radical (unpaired) electrons. The maximum atomic E-state index is 14.5. The molecule has 35 heavy (non-hydrogen) atoms.